The molecule has 2 saturated heterocycles. The van der Waals surface area contributed by atoms with Crippen molar-refractivity contribution < 1.29 is 24.0 Å². The van der Waals surface area contributed by atoms with Crippen LogP contribution in [0.4, 0.5) is 11.4 Å². The second kappa shape index (κ2) is 6.76. The van der Waals surface area contributed by atoms with Crippen LogP contribution in [0.1, 0.15) is 17.2 Å². The van der Waals surface area contributed by atoms with Gasteiger partial charge in [0.2, 0.25) is 11.8 Å². The van der Waals surface area contributed by atoms with Crippen molar-refractivity contribution in [1.29, 1.82) is 0 Å². The van der Waals surface area contributed by atoms with Crippen molar-refractivity contribution in [3.8, 4) is 0 Å². The molecule has 3 aliphatic rings. The minimum Gasteiger partial charge on any atom is -0.467 e. The lowest BCUT2D eigenvalue weighted by molar-refractivity contribution is -0.384. The van der Waals surface area contributed by atoms with Crippen LogP contribution in [0.2, 0.25) is 0 Å². The van der Waals surface area contributed by atoms with E-state index in [1.54, 1.807) is 11.1 Å². The Bertz CT molecular complexity index is 1180. The summed E-state index contributed by atoms with van der Waals surface area (Å²) < 4.78 is 4.97. The highest BCUT2D eigenvalue weighted by atomic mass is 16.6. The summed E-state index contributed by atoms with van der Waals surface area (Å²) in [5.41, 5.74) is 1.64. The number of nitro groups is 1. The number of hydrogen-bond acceptors (Lipinski definition) is 7. The summed E-state index contributed by atoms with van der Waals surface area (Å²) >= 11 is 0. The van der Waals surface area contributed by atoms with Crippen molar-refractivity contribution in [2.75, 3.05) is 12.0 Å². The third kappa shape index (κ3) is 2.59. The van der Waals surface area contributed by atoms with Gasteiger partial charge in [0.15, 0.2) is 0 Å². The molecule has 5 rings (SSSR count). The lowest BCUT2D eigenvalue weighted by Crippen LogP contribution is -2.44. The molecule has 2 aromatic carbocycles. The Morgan fingerprint density at radius 1 is 1.06 bits per heavy atom. The largest absolute Gasteiger partial charge is 0.467 e. The van der Waals surface area contributed by atoms with E-state index in [9.17, 15) is 24.5 Å². The van der Waals surface area contributed by atoms with E-state index in [0.717, 1.165) is 16.0 Å². The number of rotatable bonds is 3. The topological polar surface area (TPSA) is 110 Å². The van der Waals surface area contributed by atoms with Gasteiger partial charge in [0.05, 0.1) is 35.6 Å². The van der Waals surface area contributed by atoms with Crippen molar-refractivity contribution in [3.05, 3.63) is 76.0 Å². The van der Waals surface area contributed by atoms with Gasteiger partial charge in [-0.05, 0) is 23.3 Å². The van der Waals surface area contributed by atoms with Crippen LogP contribution in [0.5, 0.6) is 0 Å². The number of ether oxygens (including phenoxy) is 1. The van der Waals surface area contributed by atoms with E-state index in [1.165, 1.54) is 31.4 Å². The average Bonchev–Trinajstić information content (AvgIpc) is 3.26. The van der Waals surface area contributed by atoms with Crippen LogP contribution in [-0.2, 0) is 19.1 Å². The van der Waals surface area contributed by atoms with Gasteiger partial charge in [-0.15, -0.1) is 0 Å². The number of esters is 1. The minimum absolute atomic E-state index is 0.119. The maximum atomic E-state index is 13.5. The normalized spacial score (nSPS) is 25.8. The summed E-state index contributed by atoms with van der Waals surface area (Å²) in [7, 11) is 1.24. The van der Waals surface area contributed by atoms with Gasteiger partial charge in [-0.2, -0.15) is 0 Å². The highest BCUT2D eigenvalue weighted by Gasteiger charge is 2.65. The Morgan fingerprint density at radius 3 is 2.55 bits per heavy atom. The zero-order valence-electron chi connectivity index (χ0n) is 16.4. The van der Waals surface area contributed by atoms with Gasteiger partial charge in [0, 0.05) is 18.3 Å². The van der Waals surface area contributed by atoms with Gasteiger partial charge in [-0.1, -0.05) is 30.3 Å². The first kappa shape index (κ1) is 19.0. The Balaban J connectivity index is 1.64. The molecule has 2 amide bonds. The molecule has 2 aromatic rings. The number of anilines is 1. The van der Waals surface area contributed by atoms with Crippen LogP contribution in [-0.4, -0.2) is 40.8 Å². The SMILES string of the molecule is COC(=O)[C@@H]1[C@H]2C(=O)N(c3cccc([N+](=O)[O-])c3)C(=O)[C@@H]2[C@H]2c3ccccc3C=CN12. The van der Waals surface area contributed by atoms with E-state index in [4.69, 9.17) is 4.74 Å². The first-order valence-electron chi connectivity index (χ1n) is 9.68. The molecule has 0 saturated carbocycles. The molecule has 31 heavy (non-hydrogen) atoms. The number of non-ortho nitro benzene ring substituents is 1. The maximum absolute atomic E-state index is 13.5. The molecule has 0 aromatic heterocycles. The number of carbonyl (C=O) groups excluding carboxylic acids is 3. The standard InChI is InChI=1S/C22H17N3O6/c1-31-22(28)19-17-16(18-15-8-3-2-5-12(15)9-10-23(18)19)20(26)24(21(17)27)13-6-4-7-14(11-13)25(29)30/h2-11,16-19H,1H3/t16-,17-,18+,19-/m0/s1. The van der Waals surface area contributed by atoms with Crippen molar-refractivity contribution in [2.45, 2.75) is 12.1 Å². The fraction of sp³-hybridized carbons (Fsp3) is 0.227. The monoisotopic (exact) mass is 419 g/mol. The van der Waals surface area contributed by atoms with Crippen LogP contribution >= 0.6 is 0 Å². The Kier molecular flexibility index (Phi) is 4.14. The molecule has 0 N–H and O–H groups in total. The van der Waals surface area contributed by atoms with E-state index in [2.05, 4.69) is 0 Å². The summed E-state index contributed by atoms with van der Waals surface area (Å²) in [4.78, 5) is 53.0. The number of imide groups is 1. The Morgan fingerprint density at radius 2 is 1.81 bits per heavy atom. The predicted molar refractivity (Wildman–Crippen MR) is 108 cm³/mol. The molecule has 156 valence electrons. The number of amides is 2. The third-order valence-electron chi connectivity index (χ3n) is 6.20. The van der Waals surface area contributed by atoms with Gasteiger partial charge in [0.1, 0.15) is 6.04 Å². The second-order valence-corrected chi connectivity index (χ2v) is 7.65. The lowest BCUT2D eigenvalue weighted by Gasteiger charge is -2.34. The smallest absolute Gasteiger partial charge is 0.329 e. The molecule has 3 heterocycles. The van der Waals surface area contributed by atoms with E-state index in [0.29, 0.717) is 0 Å². The van der Waals surface area contributed by atoms with Gasteiger partial charge >= 0.3 is 5.97 Å². The maximum Gasteiger partial charge on any atom is 0.329 e. The molecule has 9 nitrogen and oxygen atoms in total. The summed E-state index contributed by atoms with van der Waals surface area (Å²) in [6.07, 6.45) is 3.57. The van der Waals surface area contributed by atoms with E-state index in [-0.39, 0.29) is 11.4 Å². The second-order valence-electron chi connectivity index (χ2n) is 7.65. The van der Waals surface area contributed by atoms with Crippen molar-refractivity contribution >= 4 is 35.2 Å². The number of nitro benzene ring substituents is 1. The number of carbonyl (C=O) groups is 3. The first-order valence-corrected chi connectivity index (χ1v) is 9.68. The summed E-state index contributed by atoms with van der Waals surface area (Å²) in [5, 5.41) is 11.2. The number of benzene rings is 2. The van der Waals surface area contributed by atoms with Crippen molar-refractivity contribution in [3.63, 3.8) is 0 Å². The number of hydrogen-bond donors (Lipinski definition) is 0. The highest BCUT2D eigenvalue weighted by molar-refractivity contribution is 6.24. The first-order chi connectivity index (χ1) is 14.9. The number of nitrogens with zero attached hydrogens (tertiary/aromatic N) is 3. The summed E-state index contributed by atoms with van der Waals surface area (Å²) in [6.45, 7) is 0. The van der Waals surface area contributed by atoms with Crippen LogP contribution in [0.15, 0.2) is 54.7 Å². The average molecular weight is 419 g/mol. The summed E-state index contributed by atoms with van der Waals surface area (Å²) in [6, 6.07) is 11.4. The van der Waals surface area contributed by atoms with Crippen LogP contribution in [0, 0.1) is 22.0 Å². The molecule has 2 fully saturated rings. The zero-order chi connectivity index (χ0) is 21.9. The molecule has 0 unspecified atom stereocenters. The molecule has 0 spiro atoms. The van der Waals surface area contributed by atoms with Crippen molar-refractivity contribution in [1.82, 2.24) is 4.90 Å². The van der Waals surface area contributed by atoms with Crippen LogP contribution in [0.3, 0.4) is 0 Å². The van der Waals surface area contributed by atoms with Gasteiger partial charge in [-0.3, -0.25) is 19.7 Å². The number of methoxy groups -OCH3 is 1. The van der Waals surface area contributed by atoms with E-state index >= 15 is 0 Å². The molecular formula is C22H17N3O6. The molecule has 9 heteroatoms. The lowest BCUT2D eigenvalue weighted by atomic mass is 9.84. The van der Waals surface area contributed by atoms with Gasteiger partial charge < -0.3 is 9.64 Å². The summed E-state index contributed by atoms with van der Waals surface area (Å²) in [5.74, 6) is -3.43. The Labute approximate surface area is 176 Å². The van der Waals surface area contributed by atoms with Gasteiger partial charge in [0.25, 0.3) is 5.69 Å². The highest BCUT2D eigenvalue weighted by Crippen LogP contribution is 2.53. The van der Waals surface area contributed by atoms with Gasteiger partial charge in [-0.25, -0.2) is 9.69 Å². The number of fused-ring (bicyclic) bond motifs is 5. The van der Waals surface area contributed by atoms with Crippen molar-refractivity contribution in [2.24, 2.45) is 11.8 Å². The Hall–Kier alpha value is -4.01. The van der Waals surface area contributed by atoms with E-state index < -0.39 is 46.6 Å². The molecule has 0 aliphatic carbocycles. The molecule has 3 aliphatic heterocycles. The van der Waals surface area contributed by atoms with Crippen LogP contribution in [0.25, 0.3) is 6.08 Å². The molecule has 4 atom stereocenters. The van der Waals surface area contributed by atoms with Crippen LogP contribution < -0.4 is 4.90 Å². The fourth-order valence-corrected chi connectivity index (χ4v) is 4.95. The van der Waals surface area contributed by atoms with E-state index in [1.807, 2.05) is 30.3 Å². The quantitative estimate of drug-likeness (QED) is 0.325. The fourth-order valence-electron chi connectivity index (χ4n) is 4.95. The predicted octanol–water partition coefficient (Wildman–Crippen LogP) is 2.28. The minimum atomic E-state index is -0.968. The molecule has 0 radical (unpaired) electrons. The molecule has 0 bridgehead atoms. The third-order valence-corrected chi connectivity index (χ3v) is 6.20. The molecular weight excluding hydrogens is 402 g/mol. The zero-order valence-corrected chi connectivity index (χ0v) is 16.4.